The molecule has 8 nitrogen and oxygen atoms in total. The van der Waals surface area contributed by atoms with Crippen LogP contribution in [-0.2, 0) is 9.59 Å². The highest BCUT2D eigenvalue weighted by atomic mass is 16.6. The summed E-state index contributed by atoms with van der Waals surface area (Å²) < 4.78 is 5.59. The fourth-order valence-electron chi connectivity index (χ4n) is 2.80. The first-order chi connectivity index (χ1) is 13.4. The van der Waals surface area contributed by atoms with Crippen molar-refractivity contribution in [2.75, 3.05) is 19.0 Å². The zero-order chi connectivity index (χ0) is 20.3. The molecule has 0 fully saturated rings. The average molecular weight is 381 g/mol. The van der Waals surface area contributed by atoms with Gasteiger partial charge in [0.05, 0.1) is 17.1 Å². The van der Waals surface area contributed by atoms with Crippen molar-refractivity contribution in [1.82, 2.24) is 4.90 Å². The molecule has 0 spiro atoms. The number of likely N-dealkylation sites (N-methyl/N-ethyl adjacent to an activating group) is 1. The normalized spacial score (nSPS) is 13.9. The van der Waals surface area contributed by atoms with Gasteiger partial charge in [0.15, 0.2) is 0 Å². The molecular formula is C20H19N3O5. The SMILES string of the molecule is CCCOc1cccc(NC2=C(c3ccc([N+](=O)[O-])cc3)C(=O)N(C)C2=O)c1. The van der Waals surface area contributed by atoms with E-state index >= 15 is 0 Å². The maximum absolute atomic E-state index is 12.6. The van der Waals surface area contributed by atoms with Crippen LogP contribution in [0.5, 0.6) is 5.75 Å². The molecule has 2 amide bonds. The Morgan fingerprint density at radius 3 is 2.46 bits per heavy atom. The molecule has 0 saturated carbocycles. The number of anilines is 1. The fraction of sp³-hybridized carbons (Fsp3) is 0.200. The molecule has 0 bridgehead atoms. The van der Waals surface area contributed by atoms with Gasteiger partial charge in [-0.05, 0) is 36.2 Å². The topological polar surface area (TPSA) is 102 Å². The summed E-state index contributed by atoms with van der Waals surface area (Å²) in [5.41, 5.74) is 1.22. The van der Waals surface area contributed by atoms with E-state index in [1.54, 1.807) is 24.3 Å². The number of carbonyl (C=O) groups excluding carboxylic acids is 2. The molecule has 0 radical (unpaired) electrons. The number of imide groups is 1. The van der Waals surface area contributed by atoms with Gasteiger partial charge in [-0.15, -0.1) is 0 Å². The number of rotatable bonds is 7. The number of nitro groups is 1. The van der Waals surface area contributed by atoms with Crippen molar-refractivity contribution >= 4 is 28.8 Å². The van der Waals surface area contributed by atoms with Crippen molar-refractivity contribution in [2.45, 2.75) is 13.3 Å². The lowest BCUT2D eigenvalue weighted by atomic mass is 10.0. The summed E-state index contributed by atoms with van der Waals surface area (Å²) in [5, 5.41) is 13.9. The summed E-state index contributed by atoms with van der Waals surface area (Å²) in [7, 11) is 1.39. The van der Waals surface area contributed by atoms with Crippen LogP contribution in [0.4, 0.5) is 11.4 Å². The molecule has 2 aromatic rings. The molecule has 0 saturated heterocycles. The number of hydrogen-bond acceptors (Lipinski definition) is 6. The van der Waals surface area contributed by atoms with Gasteiger partial charge < -0.3 is 10.1 Å². The number of amides is 2. The second-order valence-corrected chi connectivity index (χ2v) is 6.22. The summed E-state index contributed by atoms with van der Waals surface area (Å²) >= 11 is 0. The number of benzene rings is 2. The van der Waals surface area contributed by atoms with Crippen LogP contribution >= 0.6 is 0 Å². The number of nitrogens with one attached hydrogen (secondary N) is 1. The minimum atomic E-state index is -0.521. The first-order valence-electron chi connectivity index (χ1n) is 8.73. The van der Waals surface area contributed by atoms with Gasteiger partial charge >= 0.3 is 0 Å². The fourth-order valence-corrected chi connectivity index (χ4v) is 2.80. The van der Waals surface area contributed by atoms with Crippen molar-refractivity contribution in [3.8, 4) is 5.75 Å². The molecule has 144 valence electrons. The minimum Gasteiger partial charge on any atom is -0.494 e. The van der Waals surface area contributed by atoms with E-state index in [9.17, 15) is 19.7 Å². The zero-order valence-corrected chi connectivity index (χ0v) is 15.5. The van der Waals surface area contributed by atoms with Crippen LogP contribution in [0.1, 0.15) is 18.9 Å². The Bertz CT molecular complexity index is 966. The molecule has 1 aliphatic rings. The first kappa shape index (κ1) is 19.1. The lowest BCUT2D eigenvalue weighted by Gasteiger charge is -2.11. The Morgan fingerprint density at radius 1 is 1.11 bits per heavy atom. The van der Waals surface area contributed by atoms with Gasteiger partial charge in [-0.2, -0.15) is 0 Å². The Morgan fingerprint density at radius 2 is 1.82 bits per heavy atom. The van der Waals surface area contributed by atoms with Gasteiger partial charge in [-0.3, -0.25) is 24.6 Å². The van der Waals surface area contributed by atoms with E-state index < -0.39 is 16.7 Å². The lowest BCUT2D eigenvalue weighted by molar-refractivity contribution is -0.384. The summed E-state index contributed by atoms with van der Waals surface area (Å²) in [6.07, 6.45) is 0.866. The molecular weight excluding hydrogens is 362 g/mol. The van der Waals surface area contributed by atoms with Crippen LogP contribution in [0.2, 0.25) is 0 Å². The first-order valence-corrected chi connectivity index (χ1v) is 8.73. The smallest absolute Gasteiger partial charge is 0.277 e. The van der Waals surface area contributed by atoms with Crippen molar-refractivity contribution in [2.24, 2.45) is 0 Å². The Hall–Kier alpha value is -3.68. The molecule has 0 unspecified atom stereocenters. The number of hydrogen-bond donors (Lipinski definition) is 1. The molecule has 1 N–H and O–H groups in total. The predicted octanol–water partition coefficient (Wildman–Crippen LogP) is 3.21. The van der Waals surface area contributed by atoms with E-state index in [2.05, 4.69) is 5.32 Å². The number of carbonyl (C=O) groups is 2. The molecule has 0 aromatic heterocycles. The van der Waals surface area contributed by atoms with Crippen LogP contribution in [0.25, 0.3) is 5.57 Å². The Labute approximate surface area is 161 Å². The van der Waals surface area contributed by atoms with Crippen LogP contribution < -0.4 is 10.1 Å². The minimum absolute atomic E-state index is 0.0928. The zero-order valence-electron chi connectivity index (χ0n) is 15.5. The highest BCUT2D eigenvalue weighted by molar-refractivity contribution is 6.36. The molecule has 1 heterocycles. The van der Waals surface area contributed by atoms with Crippen LogP contribution in [0.3, 0.4) is 0 Å². The van der Waals surface area contributed by atoms with Gasteiger partial charge in [-0.1, -0.05) is 13.0 Å². The molecule has 2 aromatic carbocycles. The van der Waals surface area contributed by atoms with Gasteiger partial charge in [-0.25, -0.2) is 0 Å². The van der Waals surface area contributed by atoms with Crippen LogP contribution in [0, 0.1) is 10.1 Å². The lowest BCUT2D eigenvalue weighted by Crippen LogP contribution is -2.27. The third-order valence-corrected chi connectivity index (χ3v) is 4.23. The third-order valence-electron chi connectivity index (χ3n) is 4.23. The average Bonchev–Trinajstić information content (AvgIpc) is 2.90. The molecule has 28 heavy (non-hydrogen) atoms. The highest BCUT2D eigenvalue weighted by Crippen LogP contribution is 2.31. The number of nitrogens with zero attached hydrogens (tertiary/aromatic N) is 2. The molecule has 3 rings (SSSR count). The van der Waals surface area contributed by atoms with E-state index in [4.69, 9.17) is 4.74 Å². The van der Waals surface area contributed by atoms with Crippen LogP contribution in [-0.4, -0.2) is 35.3 Å². The van der Waals surface area contributed by atoms with Crippen molar-refractivity contribution in [3.63, 3.8) is 0 Å². The van der Waals surface area contributed by atoms with Gasteiger partial charge in [0.1, 0.15) is 11.4 Å². The van der Waals surface area contributed by atoms with Crippen molar-refractivity contribution in [3.05, 3.63) is 69.9 Å². The van der Waals surface area contributed by atoms with Gasteiger partial charge in [0.2, 0.25) is 0 Å². The summed E-state index contributed by atoms with van der Waals surface area (Å²) in [6, 6.07) is 12.6. The second-order valence-electron chi connectivity index (χ2n) is 6.22. The van der Waals surface area contributed by atoms with E-state index in [0.717, 1.165) is 11.3 Å². The second kappa shape index (κ2) is 7.91. The maximum Gasteiger partial charge on any atom is 0.277 e. The monoisotopic (exact) mass is 381 g/mol. The summed E-state index contributed by atoms with van der Waals surface area (Å²) in [5.74, 6) is -0.299. The molecule has 0 atom stereocenters. The largest absolute Gasteiger partial charge is 0.494 e. The quantitative estimate of drug-likeness (QED) is 0.449. The standard InChI is InChI=1S/C20H19N3O5/c1-3-11-28-16-6-4-5-14(12-16)21-18-17(19(24)22(2)20(18)25)13-7-9-15(10-8-13)23(26)27/h4-10,12,21H,3,11H2,1-2H3. The van der Waals surface area contributed by atoms with E-state index in [1.165, 1.54) is 31.3 Å². The predicted molar refractivity (Wildman–Crippen MR) is 104 cm³/mol. The maximum atomic E-state index is 12.6. The summed E-state index contributed by atoms with van der Waals surface area (Å²) in [4.78, 5) is 36.5. The van der Waals surface area contributed by atoms with E-state index in [1.807, 2.05) is 6.92 Å². The molecule has 0 aliphatic carbocycles. The number of nitro benzene ring substituents is 1. The van der Waals surface area contributed by atoms with Gasteiger partial charge in [0, 0.05) is 30.9 Å². The Balaban J connectivity index is 1.98. The van der Waals surface area contributed by atoms with Crippen molar-refractivity contribution < 1.29 is 19.2 Å². The Kier molecular flexibility index (Phi) is 5.39. The van der Waals surface area contributed by atoms with E-state index in [0.29, 0.717) is 23.6 Å². The van der Waals surface area contributed by atoms with Gasteiger partial charge in [0.25, 0.3) is 17.5 Å². The summed E-state index contributed by atoms with van der Waals surface area (Å²) in [6.45, 7) is 2.57. The third kappa shape index (κ3) is 3.71. The van der Waals surface area contributed by atoms with E-state index in [-0.39, 0.29) is 17.0 Å². The molecule has 1 aliphatic heterocycles. The molecule has 8 heteroatoms. The van der Waals surface area contributed by atoms with Crippen molar-refractivity contribution in [1.29, 1.82) is 0 Å². The van der Waals surface area contributed by atoms with Crippen LogP contribution in [0.15, 0.2) is 54.2 Å². The number of non-ortho nitro benzene ring substituents is 1. The number of ether oxygens (including phenoxy) is 1. The highest BCUT2D eigenvalue weighted by Gasteiger charge is 2.37.